The highest BCUT2D eigenvalue weighted by atomic mass is 16.5. The Balaban J connectivity index is 2.28. The lowest BCUT2D eigenvalue weighted by atomic mass is 10.0. The van der Waals surface area contributed by atoms with Crippen molar-refractivity contribution in [1.29, 1.82) is 0 Å². The molecule has 1 aromatic carbocycles. The van der Waals surface area contributed by atoms with Crippen LogP contribution in [0, 0.1) is 13.8 Å². The summed E-state index contributed by atoms with van der Waals surface area (Å²) in [5.74, 6) is 0.819. The van der Waals surface area contributed by atoms with E-state index >= 15 is 0 Å². The number of hydrogen-bond acceptors (Lipinski definition) is 6. The van der Waals surface area contributed by atoms with Crippen molar-refractivity contribution in [2.24, 2.45) is 0 Å². The molecule has 2 heterocycles. The van der Waals surface area contributed by atoms with Crippen molar-refractivity contribution in [1.82, 2.24) is 20.3 Å². The number of nitrogen functional groups attached to an aromatic ring is 1. The Morgan fingerprint density at radius 3 is 2.40 bits per heavy atom. The summed E-state index contributed by atoms with van der Waals surface area (Å²) < 4.78 is 5.19. The summed E-state index contributed by atoms with van der Waals surface area (Å²) in [6.45, 7) is 3.70. The molecule has 0 saturated carbocycles. The molecule has 2 N–H and O–H groups in total. The monoisotopic (exact) mass is 267 g/mol. The molecule has 0 unspecified atom stereocenters. The Kier molecular flexibility index (Phi) is 2.90. The van der Waals surface area contributed by atoms with Gasteiger partial charge in [-0.3, -0.25) is 0 Å². The SMILES string of the molecule is Cc1noc(C)c1-c1nnc(N)nc1-c1ccccc1. The van der Waals surface area contributed by atoms with E-state index in [1.807, 2.05) is 44.2 Å². The van der Waals surface area contributed by atoms with E-state index in [9.17, 15) is 0 Å². The Hall–Kier alpha value is -2.76. The average Bonchev–Trinajstić information content (AvgIpc) is 2.79. The van der Waals surface area contributed by atoms with Gasteiger partial charge in [-0.15, -0.1) is 10.2 Å². The maximum atomic E-state index is 5.67. The Labute approximate surface area is 115 Å². The summed E-state index contributed by atoms with van der Waals surface area (Å²) in [7, 11) is 0. The molecule has 0 aliphatic carbocycles. The van der Waals surface area contributed by atoms with Gasteiger partial charge in [-0.05, 0) is 13.8 Å². The summed E-state index contributed by atoms with van der Waals surface area (Å²) in [6, 6.07) is 9.71. The van der Waals surface area contributed by atoms with E-state index in [2.05, 4.69) is 20.3 Å². The fraction of sp³-hybridized carbons (Fsp3) is 0.143. The number of nitrogens with zero attached hydrogens (tertiary/aromatic N) is 4. The second kappa shape index (κ2) is 4.73. The van der Waals surface area contributed by atoms with Gasteiger partial charge in [0.1, 0.15) is 17.1 Å². The molecule has 6 heteroatoms. The molecule has 0 radical (unpaired) electrons. The van der Waals surface area contributed by atoms with Gasteiger partial charge in [0.2, 0.25) is 5.95 Å². The number of aryl methyl sites for hydroxylation is 2. The quantitative estimate of drug-likeness (QED) is 0.766. The van der Waals surface area contributed by atoms with Crippen LogP contribution < -0.4 is 5.73 Å². The van der Waals surface area contributed by atoms with Crippen LogP contribution in [0.3, 0.4) is 0 Å². The zero-order valence-corrected chi connectivity index (χ0v) is 11.2. The summed E-state index contributed by atoms with van der Waals surface area (Å²) in [5.41, 5.74) is 9.45. The second-order valence-electron chi connectivity index (χ2n) is 4.43. The van der Waals surface area contributed by atoms with Crippen molar-refractivity contribution < 1.29 is 4.52 Å². The van der Waals surface area contributed by atoms with Crippen LogP contribution in [0.5, 0.6) is 0 Å². The molecular formula is C14H13N5O. The van der Waals surface area contributed by atoms with Crippen LogP contribution in [0.25, 0.3) is 22.5 Å². The highest BCUT2D eigenvalue weighted by molar-refractivity contribution is 5.79. The van der Waals surface area contributed by atoms with Crippen molar-refractivity contribution >= 4 is 5.95 Å². The number of rotatable bonds is 2. The molecule has 0 bridgehead atoms. The predicted molar refractivity (Wildman–Crippen MR) is 74.6 cm³/mol. The van der Waals surface area contributed by atoms with E-state index in [0.717, 1.165) is 16.8 Å². The summed E-state index contributed by atoms with van der Waals surface area (Å²) in [6.07, 6.45) is 0. The first-order valence-corrected chi connectivity index (χ1v) is 6.15. The van der Waals surface area contributed by atoms with Gasteiger partial charge in [-0.25, -0.2) is 4.98 Å². The van der Waals surface area contributed by atoms with Gasteiger partial charge in [0, 0.05) is 5.56 Å². The van der Waals surface area contributed by atoms with Crippen LogP contribution in [0.15, 0.2) is 34.9 Å². The van der Waals surface area contributed by atoms with Gasteiger partial charge in [-0.2, -0.15) is 0 Å². The van der Waals surface area contributed by atoms with Crippen molar-refractivity contribution in [3.05, 3.63) is 41.8 Å². The van der Waals surface area contributed by atoms with E-state index in [1.54, 1.807) is 0 Å². The van der Waals surface area contributed by atoms with Gasteiger partial charge >= 0.3 is 0 Å². The third-order valence-corrected chi connectivity index (χ3v) is 3.02. The molecular weight excluding hydrogens is 254 g/mol. The van der Waals surface area contributed by atoms with E-state index in [1.165, 1.54) is 0 Å². The molecule has 0 saturated heterocycles. The van der Waals surface area contributed by atoms with E-state index in [4.69, 9.17) is 10.3 Å². The topological polar surface area (TPSA) is 90.7 Å². The Morgan fingerprint density at radius 1 is 1.00 bits per heavy atom. The van der Waals surface area contributed by atoms with Crippen molar-refractivity contribution in [2.45, 2.75) is 13.8 Å². The maximum absolute atomic E-state index is 5.67. The molecule has 0 spiro atoms. The number of benzene rings is 1. The van der Waals surface area contributed by atoms with Crippen LogP contribution in [-0.2, 0) is 0 Å². The molecule has 3 rings (SSSR count). The molecule has 100 valence electrons. The number of hydrogen-bond donors (Lipinski definition) is 1. The standard InChI is InChI=1S/C14H13N5O/c1-8-11(9(2)20-19-8)13-12(16-14(15)18-17-13)10-6-4-3-5-7-10/h3-7H,1-2H3,(H2,15,16,18). The summed E-state index contributed by atoms with van der Waals surface area (Å²) in [5, 5.41) is 12.0. The van der Waals surface area contributed by atoms with E-state index in [0.29, 0.717) is 17.1 Å². The zero-order valence-electron chi connectivity index (χ0n) is 11.2. The number of nitrogens with two attached hydrogens (primary N) is 1. The van der Waals surface area contributed by atoms with Gasteiger partial charge in [0.05, 0.1) is 11.3 Å². The zero-order chi connectivity index (χ0) is 14.1. The minimum Gasteiger partial charge on any atom is -0.366 e. The molecule has 20 heavy (non-hydrogen) atoms. The molecule has 0 aliphatic heterocycles. The highest BCUT2D eigenvalue weighted by Gasteiger charge is 2.19. The average molecular weight is 267 g/mol. The molecule has 0 aliphatic rings. The normalized spacial score (nSPS) is 10.7. The highest BCUT2D eigenvalue weighted by Crippen LogP contribution is 2.32. The lowest BCUT2D eigenvalue weighted by molar-refractivity contribution is 0.393. The Morgan fingerprint density at radius 2 is 1.75 bits per heavy atom. The molecule has 0 amide bonds. The Bertz CT molecular complexity index is 732. The fourth-order valence-corrected chi connectivity index (χ4v) is 2.13. The minimum atomic E-state index is 0.138. The molecule has 0 atom stereocenters. The first kappa shape index (κ1) is 12.3. The van der Waals surface area contributed by atoms with Crippen molar-refractivity contribution in [2.75, 3.05) is 5.73 Å². The smallest absolute Gasteiger partial charge is 0.240 e. The van der Waals surface area contributed by atoms with E-state index < -0.39 is 0 Å². The number of anilines is 1. The molecule has 3 aromatic rings. The van der Waals surface area contributed by atoms with E-state index in [-0.39, 0.29) is 5.95 Å². The predicted octanol–water partition coefficient (Wildman–Crippen LogP) is 2.39. The lowest BCUT2D eigenvalue weighted by Crippen LogP contribution is -2.03. The summed E-state index contributed by atoms with van der Waals surface area (Å²) >= 11 is 0. The fourth-order valence-electron chi connectivity index (χ4n) is 2.13. The van der Waals surface area contributed by atoms with Crippen LogP contribution >= 0.6 is 0 Å². The lowest BCUT2D eigenvalue weighted by Gasteiger charge is -2.07. The van der Waals surface area contributed by atoms with Crippen LogP contribution in [0.1, 0.15) is 11.5 Å². The third kappa shape index (κ3) is 2.01. The minimum absolute atomic E-state index is 0.138. The molecule has 2 aromatic heterocycles. The van der Waals surface area contributed by atoms with Gasteiger partial charge in [0.15, 0.2) is 0 Å². The van der Waals surface area contributed by atoms with Crippen LogP contribution in [0.4, 0.5) is 5.95 Å². The number of aromatic nitrogens is 4. The van der Waals surface area contributed by atoms with Crippen LogP contribution in [0.2, 0.25) is 0 Å². The van der Waals surface area contributed by atoms with Gasteiger partial charge in [0.25, 0.3) is 0 Å². The molecule has 6 nitrogen and oxygen atoms in total. The van der Waals surface area contributed by atoms with Crippen molar-refractivity contribution in [3.8, 4) is 22.5 Å². The molecule has 0 fully saturated rings. The van der Waals surface area contributed by atoms with Crippen molar-refractivity contribution in [3.63, 3.8) is 0 Å². The first-order chi connectivity index (χ1) is 9.66. The largest absolute Gasteiger partial charge is 0.366 e. The van der Waals surface area contributed by atoms with Gasteiger partial charge < -0.3 is 10.3 Å². The van der Waals surface area contributed by atoms with Crippen LogP contribution in [-0.4, -0.2) is 20.3 Å². The van der Waals surface area contributed by atoms with Gasteiger partial charge in [-0.1, -0.05) is 35.5 Å². The summed E-state index contributed by atoms with van der Waals surface area (Å²) in [4.78, 5) is 4.32. The third-order valence-electron chi connectivity index (χ3n) is 3.02. The second-order valence-corrected chi connectivity index (χ2v) is 4.43. The first-order valence-electron chi connectivity index (χ1n) is 6.15. The maximum Gasteiger partial charge on any atom is 0.240 e.